The van der Waals surface area contributed by atoms with Crippen molar-refractivity contribution in [1.82, 2.24) is 9.80 Å². The van der Waals surface area contributed by atoms with Gasteiger partial charge in [0.05, 0.1) is 0 Å². The highest BCUT2D eigenvalue weighted by Gasteiger charge is 2.35. The van der Waals surface area contributed by atoms with Crippen LogP contribution in [0.3, 0.4) is 0 Å². The molecule has 0 aromatic heterocycles. The van der Waals surface area contributed by atoms with Crippen LogP contribution in [0.4, 0.5) is 0 Å². The predicted molar refractivity (Wildman–Crippen MR) is 64.2 cm³/mol. The summed E-state index contributed by atoms with van der Waals surface area (Å²) >= 11 is 0. The van der Waals surface area contributed by atoms with Gasteiger partial charge in [0, 0.05) is 39.0 Å². The van der Waals surface area contributed by atoms with E-state index in [1.165, 1.54) is 0 Å². The zero-order valence-corrected chi connectivity index (χ0v) is 10.4. The Morgan fingerprint density at radius 3 is 2.53 bits per heavy atom. The minimum atomic E-state index is 0.135. The first-order valence-corrected chi connectivity index (χ1v) is 6.37. The van der Waals surface area contributed by atoms with Gasteiger partial charge in [-0.2, -0.15) is 0 Å². The summed E-state index contributed by atoms with van der Waals surface area (Å²) in [5.74, 6) is 0.700. The number of likely N-dealkylation sites (tertiary alicyclic amines) is 2. The zero-order valence-electron chi connectivity index (χ0n) is 10.4. The summed E-state index contributed by atoms with van der Waals surface area (Å²) in [5.41, 5.74) is 5.62. The highest BCUT2D eigenvalue weighted by atomic mass is 16.2. The molecule has 1 unspecified atom stereocenters. The standard InChI is InChI=1S/C12H21N3O2/c1-9(16)14-4-2-11(3-5-14)15-8-10(7-13)6-12(15)17/h10-11H,2-8,13H2,1H3. The second-order valence-corrected chi connectivity index (χ2v) is 5.09. The van der Waals surface area contributed by atoms with Crippen LogP contribution in [0.15, 0.2) is 0 Å². The molecule has 1 atom stereocenters. The lowest BCUT2D eigenvalue weighted by Gasteiger charge is -2.36. The van der Waals surface area contributed by atoms with E-state index in [2.05, 4.69) is 0 Å². The Hall–Kier alpha value is -1.10. The Morgan fingerprint density at radius 1 is 1.41 bits per heavy atom. The van der Waals surface area contributed by atoms with Crippen LogP contribution in [0.2, 0.25) is 0 Å². The SMILES string of the molecule is CC(=O)N1CCC(N2CC(CN)CC2=O)CC1. The molecule has 0 radical (unpaired) electrons. The fourth-order valence-corrected chi connectivity index (χ4v) is 2.81. The summed E-state index contributed by atoms with van der Waals surface area (Å²) in [7, 11) is 0. The molecule has 0 bridgehead atoms. The molecule has 0 spiro atoms. The molecule has 17 heavy (non-hydrogen) atoms. The van der Waals surface area contributed by atoms with Gasteiger partial charge in [-0.05, 0) is 25.3 Å². The molecule has 2 aliphatic rings. The summed E-state index contributed by atoms with van der Waals surface area (Å²) in [5, 5.41) is 0. The molecule has 2 rings (SSSR count). The Bertz CT molecular complexity index is 311. The van der Waals surface area contributed by atoms with Gasteiger partial charge in [-0.3, -0.25) is 9.59 Å². The van der Waals surface area contributed by atoms with E-state index in [1.807, 2.05) is 9.80 Å². The number of carbonyl (C=O) groups is 2. The van der Waals surface area contributed by atoms with Gasteiger partial charge in [-0.25, -0.2) is 0 Å². The minimum absolute atomic E-state index is 0.135. The van der Waals surface area contributed by atoms with Crippen LogP contribution in [0, 0.1) is 5.92 Å². The molecule has 5 heteroatoms. The van der Waals surface area contributed by atoms with Gasteiger partial charge in [0.15, 0.2) is 0 Å². The van der Waals surface area contributed by atoms with Gasteiger partial charge >= 0.3 is 0 Å². The van der Waals surface area contributed by atoms with E-state index in [0.29, 0.717) is 24.9 Å². The normalized spacial score (nSPS) is 26.7. The first-order chi connectivity index (χ1) is 8.11. The minimum Gasteiger partial charge on any atom is -0.343 e. The molecule has 2 heterocycles. The Balaban J connectivity index is 1.89. The van der Waals surface area contributed by atoms with Crippen LogP contribution in [-0.4, -0.2) is 53.8 Å². The largest absolute Gasteiger partial charge is 0.343 e. The van der Waals surface area contributed by atoms with Gasteiger partial charge in [-0.1, -0.05) is 0 Å². The Labute approximate surface area is 102 Å². The van der Waals surface area contributed by atoms with E-state index in [9.17, 15) is 9.59 Å². The van der Waals surface area contributed by atoms with Crippen molar-refractivity contribution in [2.75, 3.05) is 26.2 Å². The number of rotatable bonds is 2. The molecule has 2 saturated heterocycles. The van der Waals surface area contributed by atoms with Crippen molar-refractivity contribution >= 4 is 11.8 Å². The third-order valence-corrected chi connectivity index (χ3v) is 3.92. The summed E-state index contributed by atoms with van der Waals surface area (Å²) in [6.07, 6.45) is 2.41. The van der Waals surface area contributed by atoms with Crippen molar-refractivity contribution in [1.29, 1.82) is 0 Å². The van der Waals surface area contributed by atoms with Crippen LogP contribution < -0.4 is 5.73 Å². The zero-order chi connectivity index (χ0) is 12.4. The molecule has 2 aliphatic heterocycles. The smallest absolute Gasteiger partial charge is 0.223 e. The van der Waals surface area contributed by atoms with Crippen LogP contribution >= 0.6 is 0 Å². The first kappa shape index (κ1) is 12.4. The fraction of sp³-hybridized carbons (Fsp3) is 0.833. The van der Waals surface area contributed by atoms with Gasteiger partial charge in [-0.15, -0.1) is 0 Å². The van der Waals surface area contributed by atoms with Crippen molar-refractivity contribution in [3.8, 4) is 0 Å². The van der Waals surface area contributed by atoms with Crippen LogP contribution in [0.5, 0.6) is 0 Å². The van der Waals surface area contributed by atoms with Crippen LogP contribution in [0.25, 0.3) is 0 Å². The number of hydrogen-bond donors (Lipinski definition) is 1. The molecule has 2 amide bonds. The molecule has 0 aliphatic carbocycles. The molecular weight excluding hydrogens is 218 g/mol. The number of amides is 2. The summed E-state index contributed by atoms with van der Waals surface area (Å²) in [6.45, 7) is 4.55. The summed E-state index contributed by atoms with van der Waals surface area (Å²) < 4.78 is 0. The van der Waals surface area contributed by atoms with Crippen molar-refractivity contribution in [3.05, 3.63) is 0 Å². The van der Waals surface area contributed by atoms with Gasteiger partial charge < -0.3 is 15.5 Å². The van der Waals surface area contributed by atoms with Crippen LogP contribution in [-0.2, 0) is 9.59 Å². The van der Waals surface area contributed by atoms with Gasteiger partial charge in [0.1, 0.15) is 0 Å². The molecule has 0 aromatic rings. The summed E-state index contributed by atoms with van der Waals surface area (Å²) in [4.78, 5) is 26.9. The molecule has 2 fully saturated rings. The highest BCUT2D eigenvalue weighted by molar-refractivity contribution is 5.79. The summed E-state index contributed by atoms with van der Waals surface area (Å²) in [6, 6.07) is 0.314. The van der Waals surface area contributed by atoms with Crippen molar-refractivity contribution in [2.45, 2.75) is 32.2 Å². The third-order valence-electron chi connectivity index (χ3n) is 3.92. The van der Waals surface area contributed by atoms with E-state index in [4.69, 9.17) is 5.73 Å². The lowest BCUT2D eigenvalue weighted by molar-refractivity contribution is -0.133. The highest BCUT2D eigenvalue weighted by Crippen LogP contribution is 2.24. The van der Waals surface area contributed by atoms with Crippen molar-refractivity contribution in [3.63, 3.8) is 0 Å². The number of nitrogens with two attached hydrogens (primary N) is 1. The third kappa shape index (κ3) is 2.60. The topological polar surface area (TPSA) is 66.6 Å². The Morgan fingerprint density at radius 2 is 2.06 bits per heavy atom. The first-order valence-electron chi connectivity index (χ1n) is 6.37. The van der Waals surface area contributed by atoms with E-state index >= 15 is 0 Å². The van der Waals surface area contributed by atoms with Crippen molar-refractivity contribution < 1.29 is 9.59 Å². The second kappa shape index (κ2) is 5.04. The maximum atomic E-state index is 11.8. The maximum Gasteiger partial charge on any atom is 0.223 e. The molecule has 5 nitrogen and oxygen atoms in total. The van der Waals surface area contributed by atoms with Crippen LogP contribution in [0.1, 0.15) is 26.2 Å². The lowest BCUT2D eigenvalue weighted by Crippen LogP contribution is -2.46. The van der Waals surface area contributed by atoms with Gasteiger partial charge in [0.2, 0.25) is 11.8 Å². The van der Waals surface area contributed by atoms with E-state index in [0.717, 1.165) is 32.5 Å². The quantitative estimate of drug-likeness (QED) is 0.726. The molecule has 2 N–H and O–H groups in total. The van der Waals surface area contributed by atoms with E-state index < -0.39 is 0 Å². The second-order valence-electron chi connectivity index (χ2n) is 5.09. The maximum absolute atomic E-state index is 11.8. The number of nitrogens with zero attached hydrogens (tertiary/aromatic N) is 2. The number of hydrogen-bond acceptors (Lipinski definition) is 3. The van der Waals surface area contributed by atoms with E-state index in [1.54, 1.807) is 6.92 Å². The predicted octanol–water partition coefficient (Wildman–Crippen LogP) is -0.195. The van der Waals surface area contributed by atoms with Crippen molar-refractivity contribution in [2.24, 2.45) is 11.7 Å². The number of piperidine rings is 1. The average Bonchev–Trinajstić information content (AvgIpc) is 2.71. The fourth-order valence-electron chi connectivity index (χ4n) is 2.81. The molecule has 96 valence electrons. The monoisotopic (exact) mass is 239 g/mol. The number of carbonyl (C=O) groups excluding carboxylic acids is 2. The molecule has 0 saturated carbocycles. The Kier molecular flexibility index (Phi) is 3.66. The van der Waals surface area contributed by atoms with E-state index in [-0.39, 0.29) is 11.8 Å². The average molecular weight is 239 g/mol. The molecular formula is C12H21N3O2. The molecule has 0 aromatic carbocycles. The van der Waals surface area contributed by atoms with Gasteiger partial charge in [0.25, 0.3) is 0 Å². The lowest BCUT2D eigenvalue weighted by atomic mass is 10.0.